The van der Waals surface area contributed by atoms with Gasteiger partial charge in [-0.1, -0.05) is 43.7 Å². The van der Waals surface area contributed by atoms with Gasteiger partial charge >= 0.3 is 6.18 Å². The molecule has 0 aliphatic carbocycles. The summed E-state index contributed by atoms with van der Waals surface area (Å²) in [5.74, 6) is -0.532. The monoisotopic (exact) mass is 445 g/mol. The minimum absolute atomic E-state index is 0.301. The van der Waals surface area contributed by atoms with E-state index in [0.717, 1.165) is 31.2 Å². The van der Waals surface area contributed by atoms with Crippen molar-refractivity contribution in [1.82, 2.24) is 9.55 Å². The highest BCUT2D eigenvalue weighted by molar-refractivity contribution is 6.15. The number of benzene rings is 2. The second-order valence-corrected chi connectivity index (χ2v) is 7.16. The summed E-state index contributed by atoms with van der Waals surface area (Å²) in [5.41, 5.74) is 1.84. The van der Waals surface area contributed by atoms with Gasteiger partial charge in [0, 0.05) is 29.9 Å². The van der Waals surface area contributed by atoms with Gasteiger partial charge < -0.3 is 10.2 Å². The third-order valence-corrected chi connectivity index (χ3v) is 4.72. The van der Waals surface area contributed by atoms with Crippen molar-refractivity contribution in [3.63, 3.8) is 0 Å². The predicted molar refractivity (Wildman–Crippen MR) is 113 cm³/mol. The molecule has 1 unspecified atom stereocenters. The number of aliphatic hydroxyl groups excluding tert-OH is 1. The molecule has 1 atom stereocenters. The van der Waals surface area contributed by atoms with E-state index in [1.54, 1.807) is 35.0 Å². The van der Waals surface area contributed by atoms with Crippen molar-refractivity contribution in [3.8, 4) is 5.69 Å². The van der Waals surface area contributed by atoms with E-state index in [1.807, 2.05) is 13.0 Å². The maximum Gasteiger partial charge on any atom is 0.416 e. The molecule has 0 fully saturated rings. The third-order valence-electron chi connectivity index (χ3n) is 4.72. The highest BCUT2D eigenvalue weighted by Gasteiger charge is 2.33. The summed E-state index contributed by atoms with van der Waals surface area (Å²) in [7, 11) is 0. The molecule has 168 valence electrons. The number of aliphatic carboxylic acids is 1. The van der Waals surface area contributed by atoms with Crippen molar-refractivity contribution >= 4 is 11.7 Å². The van der Waals surface area contributed by atoms with E-state index < -0.39 is 23.9 Å². The van der Waals surface area contributed by atoms with Crippen LogP contribution in [0.25, 0.3) is 5.69 Å². The van der Waals surface area contributed by atoms with Crippen LogP contribution in [0, 0.1) is 0 Å². The Bertz CT molecular complexity index is 1130. The number of aliphatic hydroxyl groups is 1. The van der Waals surface area contributed by atoms with Crippen LogP contribution < -0.4 is 0 Å². The van der Waals surface area contributed by atoms with Crippen molar-refractivity contribution in [2.24, 2.45) is 4.99 Å². The summed E-state index contributed by atoms with van der Waals surface area (Å²) in [6, 6.07) is 12.5. The van der Waals surface area contributed by atoms with Gasteiger partial charge in [0.15, 0.2) is 5.82 Å². The highest BCUT2D eigenvalue weighted by atomic mass is 19.4. The number of hydrogen-bond acceptors (Lipinski definition) is 4. The Morgan fingerprint density at radius 2 is 1.81 bits per heavy atom. The minimum Gasteiger partial charge on any atom is -0.481 e. The second kappa shape index (κ2) is 9.35. The van der Waals surface area contributed by atoms with Crippen molar-refractivity contribution in [1.29, 1.82) is 0 Å². The zero-order valence-corrected chi connectivity index (χ0v) is 17.5. The number of aromatic nitrogens is 2. The molecular formula is C23H22F3N3O3. The molecule has 0 spiro atoms. The number of fused-ring (bicyclic) bond motifs is 3. The van der Waals surface area contributed by atoms with E-state index in [9.17, 15) is 18.3 Å². The van der Waals surface area contributed by atoms with Gasteiger partial charge in [-0.15, -0.1) is 0 Å². The molecule has 2 heterocycles. The van der Waals surface area contributed by atoms with Gasteiger partial charge in [0.25, 0.3) is 5.97 Å². The Labute approximate surface area is 182 Å². The first-order valence-electron chi connectivity index (χ1n) is 9.92. The fourth-order valence-electron chi connectivity index (χ4n) is 3.47. The lowest BCUT2D eigenvalue weighted by molar-refractivity contribution is -0.137. The largest absolute Gasteiger partial charge is 0.481 e. The van der Waals surface area contributed by atoms with Crippen LogP contribution in [0.2, 0.25) is 0 Å². The van der Waals surface area contributed by atoms with Crippen LogP contribution in [0.1, 0.15) is 54.7 Å². The highest BCUT2D eigenvalue weighted by Crippen LogP contribution is 2.36. The number of carbonyl (C=O) groups is 1. The van der Waals surface area contributed by atoms with E-state index in [0.29, 0.717) is 34.8 Å². The zero-order chi connectivity index (χ0) is 23.5. The van der Waals surface area contributed by atoms with E-state index in [1.165, 1.54) is 6.07 Å². The third kappa shape index (κ3) is 4.88. The van der Waals surface area contributed by atoms with Crippen LogP contribution in [0.5, 0.6) is 0 Å². The zero-order valence-electron chi connectivity index (χ0n) is 17.5. The number of carboxylic acids is 1. The van der Waals surface area contributed by atoms with Crippen molar-refractivity contribution in [2.45, 2.75) is 39.1 Å². The number of imidazole rings is 1. The van der Waals surface area contributed by atoms with Gasteiger partial charge in [-0.3, -0.25) is 9.36 Å². The first kappa shape index (κ1) is 23.2. The Balaban J connectivity index is 0.000000668. The molecule has 0 bridgehead atoms. The summed E-state index contributed by atoms with van der Waals surface area (Å²) in [4.78, 5) is 17.6. The first-order chi connectivity index (χ1) is 15.1. The van der Waals surface area contributed by atoms with Crippen LogP contribution in [0.15, 0.2) is 59.7 Å². The van der Waals surface area contributed by atoms with Crippen LogP contribution >= 0.6 is 0 Å². The summed E-state index contributed by atoms with van der Waals surface area (Å²) in [6.45, 7) is 3.09. The van der Waals surface area contributed by atoms with Gasteiger partial charge in [-0.25, -0.2) is 9.98 Å². The molecule has 2 N–H and O–H groups in total. The molecule has 0 saturated carbocycles. The fourth-order valence-corrected chi connectivity index (χ4v) is 3.47. The number of halogens is 3. The minimum atomic E-state index is -4.48. The standard InChI is InChI=1S/C21H18F3N3O.C2H4O2/c1-2-6-15-12-25-19-20(28)26-18(13-7-4-3-5-8-13)16-11-14(21(22,23)24)9-10-17(16)27(15)19;1-2(3)4/h3-5,7-12,20,28H,2,6H2,1H3;1H3,(H,3,4). The van der Waals surface area contributed by atoms with Crippen LogP contribution in [0.4, 0.5) is 13.2 Å². The quantitative estimate of drug-likeness (QED) is 0.608. The summed E-state index contributed by atoms with van der Waals surface area (Å²) >= 11 is 0. The maximum atomic E-state index is 13.4. The Morgan fingerprint density at radius 1 is 1.16 bits per heavy atom. The number of nitrogens with zero attached hydrogens (tertiary/aromatic N) is 3. The van der Waals surface area contributed by atoms with Gasteiger partial charge in [0.1, 0.15) is 0 Å². The molecule has 3 aromatic rings. The maximum absolute atomic E-state index is 13.4. The van der Waals surface area contributed by atoms with E-state index in [2.05, 4.69) is 9.98 Å². The van der Waals surface area contributed by atoms with Gasteiger partial charge in [-0.2, -0.15) is 13.2 Å². The number of rotatable bonds is 3. The van der Waals surface area contributed by atoms with Crippen molar-refractivity contribution in [3.05, 3.63) is 82.9 Å². The lowest BCUT2D eigenvalue weighted by atomic mass is 9.98. The van der Waals surface area contributed by atoms with Crippen LogP contribution in [-0.4, -0.2) is 31.4 Å². The Kier molecular flexibility index (Phi) is 6.78. The summed E-state index contributed by atoms with van der Waals surface area (Å²) in [5, 5.41) is 18.1. The smallest absolute Gasteiger partial charge is 0.416 e. The Morgan fingerprint density at radius 3 is 2.41 bits per heavy atom. The number of alkyl halides is 3. The lowest BCUT2D eigenvalue weighted by Crippen LogP contribution is -2.13. The second-order valence-electron chi connectivity index (χ2n) is 7.16. The lowest BCUT2D eigenvalue weighted by Gasteiger charge is -2.17. The molecule has 1 aliphatic rings. The van der Waals surface area contributed by atoms with Gasteiger partial charge in [0.2, 0.25) is 6.23 Å². The summed E-state index contributed by atoms with van der Waals surface area (Å²) in [6.07, 6.45) is -2.59. The number of hydrogen-bond donors (Lipinski definition) is 2. The molecule has 1 aromatic heterocycles. The molecule has 0 amide bonds. The number of aliphatic imine (C=N–C) groups is 1. The van der Waals surface area contributed by atoms with Crippen molar-refractivity contribution < 1.29 is 28.2 Å². The van der Waals surface area contributed by atoms with E-state index in [-0.39, 0.29) is 0 Å². The van der Waals surface area contributed by atoms with Crippen LogP contribution in [0.3, 0.4) is 0 Å². The molecule has 0 saturated heterocycles. The first-order valence-corrected chi connectivity index (χ1v) is 9.92. The molecule has 4 rings (SSSR count). The molecule has 32 heavy (non-hydrogen) atoms. The molecular weight excluding hydrogens is 423 g/mol. The Hall–Kier alpha value is -3.46. The topological polar surface area (TPSA) is 87.7 Å². The SMILES string of the molecule is CC(=O)O.CCCc1cnc2n1-c1ccc(C(F)(F)F)cc1C(c1ccccc1)=NC2O. The predicted octanol–water partition coefficient (Wildman–Crippen LogP) is 4.78. The molecule has 1 aliphatic heterocycles. The average molecular weight is 445 g/mol. The van der Waals surface area contributed by atoms with E-state index >= 15 is 0 Å². The molecule has 2 aromatic carbocycles. The summed E-state index contributed by atoms with van der Waals surface area (Å²) < 4.78 is 41.9. The van der Waals surface area contributed by atoms with Crippen molar-refractivity contribution in [2.75, 3.05) is 0 Å². The normalized spacial score (nSPS) is 14.9. The van der Waals surface area contributed by atoms with E-state index in [4.69, 9.17) is 9.90 Å². The van der Waals surface area contributed by atoms with Gasteiger partial charge in [-0.05, 0) is 24.6 Å². The van der Waals surface area contributed by atoms with Gasteiger partial charge in [0.05, 0.1) is 17.0 Å². The number of carboxylic acid groups (broad SMARTS) is 1. The van der Waals surface area contributed by atoms with Crippen LogP contribution in [-0.2, 0) is 17.4 Å². The number of aryl methyl sites for hydroxylation is 1. The average Bonchev–Trinajstić information content (AvgIpc) is 3.10. The molecule has 0 radical (unpaired) electrons. The molecule has 6 nitrogen and oxygen atoms in total. The fraction of sp³-hybridized carbons (Fsp3) is 0.261. The molecule has 9 heteroatoms.